The van der Waals surface area contributed by atoms with E-state index in [0.29, 0.717) is 11.6 Å². The second-order valence-corrected chi connectivity index (χ2v) is 2.34. The van der Waals surface area contributed by atoms with E-state index in [9.17, 15) is 0 Å². The van der Waals surface area contributed by atoms with Crippen LogP contribution in [-0.2, 0) is 0 Å². The van der Waals surface area contributed by atoms with Crippen LogP contribution >= 0.6 is 0 Å². The summed E-state index contributed by atoms with van der Waals surface area (Å²) in [5.74, 6) is 0.515. The van der Waals surface area contributed by atoms with Crippen LogP contribution in [0.2, 0.25) is 0 Å². The lowest BCUT2D eigenvalue weighted by molar-refractivity contribution is 0.319. The maximum atomic E-state index is 8.18. The van der Waals surface area contributed by atoms with E-state index in [2.05, 4.69) is 19.0 Å². The van der Waals surface area contributed by atoms with E-state index >= 15 is 0 Å². The van der Waals surface area contributed by atoms with Crippen molar-refractivity contribution in [1.29, 1.82) is 0 Å². The number of allylic oxidation sites excluding steroid dienone is 2. The lowest BCUT2D eigenvalue weighted by atomic mass is 10.2. The third kappa shape index (κ3) is 5.07. The summed E-state index contributed by atoms with van der Waals surface area (Å²) in [6, 6.07) is 0. The summed E-state index contributed by atoms with van der Waals surface area (Å²) in [7, 11) is 0. The van der Waals surface area contributed by atoms with Gasteiger partial charge in [-0.1, -0.05) is 25.1 Å². The smallest absolute Gasteiger partial charge is 0.0761 e. The molecule has 2 nitrogen and oxygen atoms in total. The predicted octanol–water partition coefficient (Wildman–Crippen LogP) is 2.05. The highest BCUT2D eigenvalue weighted by molar-refractivity contribution is 5.92. The highest BCUT2D eigenvalue weighted by atomic mass is 16.4. The zero-order valence-corrected chi connectivity index (χ0v) is 6.13. The first kappa shape index (κ1) is 8.21. The van der Waals surface area contributed by atoms with Gasteiger partial charge < -0.3 is 5.21 Å². The Kier molecular flexibility index (Phi) is 3.76. The molecule has 0 aliphatic rings. The van der Waals surface area contributed by atoms with Gasteiger partial charge in [0.2, 0.25) is 0 Å². The molecule has 0 fully saturated rings. The van der Waals surface area contributed by atoms with Crippen molar-refractivity contribution >= 4 is 5.71 Å². The second kappa shape index (κ2) is 4.13. The third-order valence-electron chi connectivity index (χ3n) is 0.880. The topological polar surface area (TPSA) is 32.6 Å². The normalized spacial score (nSPS) is 13.6. The van der Waals surface area contributed by atoms with Gasteiger partial charge in [0, 0.05) is 0 Å². The Morgan fingerprint density at radius 3 is 2.44 bits per heavy atom. The fraction of sp³-hybridized carbons (Fsp3) is 0.571. The average Bonchev–Trinajstić information content (AvgIpc) is 1.83. The molecule has 9 heavy (non-hydrogen) atoms. The van der Waals surface area contributed by atoms with Crippen LogP contribution < -0.4 is 0 Å². The fourth-order valence-corrected chi connectivity index (χ4v) is 0.365. The third-order valence-corrected chi connectivity index (χ3v) is 0.880. The van der Waals surface area contributed by atoms with E-state index in [4.69, 9.17) is 5.21 Å². The van der Waals surface area contributed by atoms with Crippen molar-refractivity contribution in [2.24, 2.45) is 11.1 Å². The summed E-state index contributed by atoms with van der Waals surface area (Å²) in [5.41, 5.74) is 0.642. The minimum Gasteiger partial charge on any atom is -0.411 e. The maximum absolute atomic E-state index is 8.18. The van der Waals surface area contributed by atoms with Crippen molar-refractivity contribution in [3.8, 4) is 0 Å². The van der Waals surface area contributed by atoms with E-state index < -0.39 is 0 Å². The molecule has 0 aromatic heterocycles. The van der Waals surface area contributed by atoms with Gasteiger partial charge in [-0.3, -0.25) is 0 Å². The van der Waals surface area contributed by atoms with Crippen LogP contribution in [0.1, 0.15) is 20.8 Å². The van der Waals surface area contributed by atoms with Crippen LogP contribution in [0.4, 0.5) is 0 Å². The number of hydrogen-bond donors (Lipinski definition) is 1. The molecule has 0 heterocycles. The molecule has 0 bridgehead atoms. The molecule has 0 aliphatic heterocycles. The van der Waals surface area contributed by atoms with Gasteiger partial charge in [-0.25, -0.2) is 0 Å². The number of hydrogen-bond acceptors (Lipinski definition) is 2. The molecule has 0 saturated carbocycles. The van der Waals surface area contributed by atoms with Gasteiger partial charge >= 0.3 is 0 Å². The van der Waals surface area contributed by atoms with Gasteiger partial charge in [-0.15, -0.1) is 0 Å². The van der Waals surface area contributed by atoms with E-state index in [-0.39, 0.29) is 0 Å². The summed E-state index contributed by atoms with van der Waals surface area (Å²) >= 11 is 0. The van der Waals surface area contributed by atoms with Crippen molar-refractivity contribution in [3.05, 3.63) is 12.2 Å². The molecule has 52 valence electrons. The second-order valence-electron chi connectivity index (χ2n) is 2.34. The molecule has 0 aromatic rings. The maximum Gasteiger partial charge on any atom is 0.0761 e. The molecule has 1 N–H and O–H groups in total. The van der Waals surface area contributed by atoms with Crippen molar-refractivity contribution in [1.82, 2.24) is 0 Å². The van der Waals surface area contributed by atoms with Gasteiger partial charge in [0.05, 0.1) is 5.71 Å². The first-order chi connectivity index (χ1) is 4.16. The first-order valence-corrected chi connectivity index (χ1v) is 3.03. The quantitative estimate of drug-likeness (QED) is 0.343. The molecule has 2 heteroatoms. The standard InChI is InChI=1S/C7H13NO/c1-6(2)4-5-7(3)8-9/h4-6,9H,1-3H3/b5-4+,8-7+. The van der Waals surface area contributed by atoms with E-state index in [0.717, 1.165) is 0 Å². The molecule has 0 aromatic carbocycles. The zero-order valence-electron chi connectivity index (χ0n) is 6.13. The molecule has 0 radical (unpaired) electrons. The molecule has 0 unspecified atom stereocenters. The van der Waals surface area contributed by atoms with Crippen molar-refractivity contribution in [3.63, 3.8) is 0 Å². The van der Waals surface area contributed by atoms with Gasteiger partial charge in [0.25, 0.3) is 0 Å². The van der Waals surface area contributed by atoms with Crippen LogP contribution in [0.5, 0.6) is 0 Å². The van der Waals surface area contributed by atoms with E-state index in [1.54, 1.807) is 13.0 Å². The van der Waals surface area contributed by atoms with Crippen molar-refractivity contribution < 1.29 is 5.21 Å². The lowest BCUT2D eigenvalue weighted by Crippen LogP contribution is -1.85. The van der Waals surface area contributed by atoms with Crippen LogP contribution in [0.3, 0.4) is 0 Å². The Morgan fingerprint density at radius 1 is 1.56 bits per heavy atom. The van der Waals surface area contributed by atoms with Crippen LogP contribution in [-0.4, -0.2) is 10.9 Å². The number of oxime groups is 1. The van der Waals surface area contributed by atoms with Crippen molar-refractivity contribution in [2.45, 2.75) is 20.8 Å². The lowest BCUT2D eigenvalue weighted by Gasteiger charge is -1.91. The molecule has 0 amide bonds. The summed E-state index contributed by atoms with van der Waals surface area (Å²) in [6.07, 6.45) is 3.78. The highest BCUT2D eigenvalue weighted by Gasteiger charge is 1.84. The minimum atomic E-state index is 0.515. The Labute approximate surface area is 55.9 Å². The van der Waals surface area contributed by atoms with Gasteiger partial charge in [-0.05, 0) is 18.9 Å². The van der Waals surface area contributed by atoms with Crippen LogP contribution in [0, 0.1) is 5.92 Å². The van der Waals surface area contributed by atoms with Crippen LogP contribution in [0.15, 0.2) is 17.3 Å². The predicted molar refractivity (Wildman–Crippen MR) is 38.9 cm³/mol. The molecule has 0 rings (SSSR count). The van der Waals surface area contributed by atoms with Gasteiger partial charge in [0.15, 0.2) is 0 Å². The molecular formula is C7H13NO. The minimum absolute atomic E-state index is 0.515. The largest absolute Gasteiger partial charge is 0.411 e. The average molecular weight is 127 g/mol. The molecule has 0 spiro atoms. The van der Waals surface area contributed by atoms with Crippen molar-refractivity contribution in [2.75, 3.05) is 0 Å². The van der Waals surface area contributed by atoms with Crippen LogP contribution in [0.25, 0.3) is 0 Å². The number of nitrogens with zero attached hydrogens (tertiary/aromatic N) is 1. The fourth-order valence-electron chi connectivity index (χ4n) is 0.365. The molecule has 0 atom stereocenters. The monoisotopic (exact) mass is 127 g/mol. The molecule has 0 saturated heterocycles. The van der Waals surface area contributed by atoms with E-state index in [1.165, 1.54) is 0 Å². The summed E-state index contributed by atoms with van der Waals surface area (Å²) in [5, 5.41) is 11.2. The van der Waals surface area contributed by atoms with E-state index in [1.807, 2.05) is 6.08 Å². The molecule has 0 aliphatic carbocycles. The Bertz CT molecular complexity index is 125. The van der Waals surface area contributed by atoms with Gasteiger partial charge in [0.1, 0.15) is 0 Å². The first-order valence-electron chi connectivity index (χ1n) is 3.03. The highest BCUT2D eigenvalue weighted by Crippen LogP contribution is 1.93. The SMILES string of the molecule is CC(/C=C/C(C)C)=N\O. The van der Waals surface area contributed by atoms with Gasteiger partial charge in [-0.2, -0.15) is 0 Å². The number of rotatable bonds is 2. The Hall–Kier alpha value is -0.790. The summed E-state index contributed by atoms with van der Waals surface area (Å²) in [4.78, 5) is 0. The summed E-state index contributed by atoms with van der Waals surface area (Å²) < 4.78 is 0. The Balaban J connectivity index is 3.71. The Morgan fingerprint density at radius 2 is 2.11 bits per heavy atom. The zero-order chi connectivity index (χ0) is 7.28. The summed E-state index contributed by atoms with van der Waals surface area (Å²) in [6.45, 7) is 5.89. The molecular weight excluding hydrogens is 114 g/mol.